The van der Waals surface area contributed by atoms with Gasteiger partial charge >= 0.3 is 6.18 Å². The van der Waals surface area contributed by atoms with Crippen molar-refractivity contribution in [1.29, 1.82) is 0 Å². The lowest BCUT2D eigenvalue weighted by Crippen LogP contribution is -2.52. The van der Waals surface area contributed by atoms with Crippen molar-refractivity contribution >= 4 is 21.6 Å². The van der Waals surface area contributed by atoms with Crippen molar-refractivity contribution < 1.29 is 30.8 Å². The number of piperidine rings is 1. The molecular weight excluding hydrogens is 486 g/mol. The molecule has 2 heterocycles. The van der Waals surface area contributed by atoms with Crippen molar-refractivity contribution in [3.63, 3.8) is 0 Å². The number of amides is 1. The van der Waals surface area contributed by atoms with Gasteiger partial charge in [0, 0.05) is 50.9 Å². The molecule has 1 amide bonds. The fourth-order valence-electron chi connectivity index (χ4n) is 4.59. The molecule has 0 atom stereocenters. The molecule has 2 aliphatic rings. The number of rotatable bonds is 5. The molecule has 2 saturated heterocycles. The molecule has 4 rings (SSSR count). The van der Waals surface area contributed by atoms with Gasteiger partial charge in [-0.05, 0) is 48.7 Å². The number of alkyl halides is 3. The van der Waals surface area contributed by atoms with E-state index in [4.69, 9.17) is 0 Å². The summed E-state index contributed by atoms with van der Waals surface area (Å²) in [5.74, 6) is -0.971. The van der Waals surface area contributed by atoms with E-state index in [0.29, 0.717) is 50.3 Å². The van der Waals surface area contributed by atoms with Crippen molar-refractivity contribution in [2.45, 2.75) is 24.8 Å². The van der Waals surface area contributed by atoms with Crippen molar-refractivity contribution in [3.8, 4) is 0 Å². The second-order valence-electron chi connectivity index (χ2n) is 8.92. The van der Waals surface area contributed by atoms with Crippen LogP contribution in [0.15, 0.2) is 48.5 Å². The minimum Gasteiger partial charge on any atom is -0.368 e. The Kier molecular flexibility index (Phi) is 7.37. The molecule has 190 valence electrons. The standard InChI is InChI=1S/C24H27F4N3O3S/c25-21-6-4-18(5-7-21)17-35(33,34)31-10-8-19(9-11-31)23(32)30-14-12-29(13-15-30)22-3-1-2-20(16-22)24(26,27)28/h1-7,16,19H,8-15,17H2. The van der Waals surface area contributed by atoms with E-state index in [0.717, 1.165) is 12.1 Å². The van der Waals surface area contributed by atoms with E-state index in [-0.39, 0.29) is 30.7 Å². The number of benzene rings is 2. The fraction of sp³-hybridized carbons (Fsp3) is 0.458. The van der Waals surface area contributed by atoms with E-state index in [9.17, 15) is 30.8 Å². The van der Waals surface area contributed by atoms with Crippen molar-refractivity contribution in [1.82, 2.24) is 9.21 Å². The molecule has 35 heavy (non-hydrogen) atoms. The van der Waals surface area contributed by atoms with Gasteiger partial charge in [-0.3, -0.25) is 4.79 Å². The quantitative estimate of drug-likeness (QED) is 0.572. The molecule has 0 N–H and O–H groups in total. The molecule has 0 radical (unpaired) electrons. The maximum atomic E-state index is 13.1. The summed E-state index contributed by atoms with van der Waals surface area (Å²) in [6.07, 6.45) is -3.58. The third-order valence-corrected chi connectivity index (χ3v) is 8.44. The van der Waals surface area contributed by atoms with Crippen LogP contribution in [0.4, 0.5) is 23.2 Å². The van der Waals surface area contributed by atoms with Crippen LogP contribution in [-0.4, -0.2) is 62.8 Å². The molecule has 2 aromatic rings. The van der Waals surface area contributed by atoms with Gasteiger partial charge in [-0.2, -0.15) is 13.2 Å². The average molecular weight is 514 g/mol. The summed E-state index contributed by atoms with van der Waals surface area (Å²) >= 11 is 0. The molecule has 0 unspecified atom stereocenters. The number of hydrogen-bond acceptors (Lipinski definition) is 4. The maximum absolute atomic E-state index is 13.1. The maximum Gasteiger partial charge on any atom is 0.416 e. The first kappa shape index (κ1) is 25.4. The zero-order chi connectivity index (χ0) is 25.2. The van der Waals surface area contributed by atoms with Crippen molar-refractivity contribution in [3.05, 3.63) is 65.5 Å². The molecule has 6 nitrogen and oxygen atoms in total. The van der Waals surface area contributed by atoms with E-state index in [1.807, 2.05) is 4.90 Å². The molecule has 2 fully saturated rings. The highest BCUT2D eigenvalue weighted by Gasteiger charge is 2.35. The van der Waals surface area contributed by atoms with Crippen molar-refractivity contribution in [2.75, 3.05) is 44.2 Å². The zero-order valence-electron chi connectivity index (χ0n) is 19.0. The average Bonchev–Trinajstić information content (AvgIpc) is 2.85. The molecule has 0 spiro atoms. The summed E-state index contributed by atoms with van der Waals surface area (Å²) in [6, 6.07) is 10.5. The van der Waals surface area contributed by atoms with E-state index >= 15 is 0 Å². The van der Waals surface area contributed by atoms with Crippen LogP contribution < -0.4 is 4.90 Å². The Morgan fingerprint density at radius 2 is 1.54 bits per heavy atom. The Bertz CT molecular complexity index is 1140. The van der Waals surface area contributed by atoms with Gasteiger partial charge in [-0.1, -0.05) is 18.2 Å². The molecule has 2 aromatic carbocycles. The van der Waals surface area contributed by atoms with E-state index in [1.165, 1.54) is 34.6 Å². The first-order chi connectivity index (χ1) is 16.5. The summed E-state index contributed by atoms with van der Waals surface area (Å²) < 4.78 is 78.9. The van der Waals surface area contributed by atoms with Crippen LogP contribution in [-0.2, 0) is 26.7 Å². The van der Waals surface area contributed by atoms with Gasteiger partial charge in [-0.15, -0.1) is 0 Å². The van der Waals surface area contributed by atoms with Gasteiger partial charge in [0.05, 0.1) is 11.3 Å². The number of halogens is 4. The SMILES string of the molecule is O=C(C1CCN(S(=O)(=O)Cc2ccc(F)cc2)CC1)N1CCN(c2cccc(C(F)(F)F)c2)CC1. The Labute approximate surface area is 202 Å². The molecular formula is C24H27F4N3O3S. The molecule has 0 bridgehead atoms. The van der Waals surface area contributed by atoms with Gasteiger partial charge in [0.2, 0.25) is 15.9 Å². The highest BCUT2D eigenvalue weighted by molar-refractivity contribution is 7.88. The molecule has 0 aromatic heterocycles. The molecule has 2 aliphatic heterocycles. The summed E-state index contributed by atoms with van der Waals surface area (Å²) in [5.41, 5.74) is 0.282. The Morgan fingerprint density at radius 3 is 2.14 bits per heavy atom. The lowest BCUT2D eigenvalue weighted by Gasteiger charge is -2.39. The number of hydrogen-bond donors (Lipinski definition) is 0. The van der Waals surface area contributed by atoms with E-state index < -0.39 is 27.6 Å². The summed E-state index contributed by atoms with van der Waals surface area (Å²) in [4.78, 5) is 16.6. The lowest BCUT2D eigenvalue weighted by atomic mass is 9.96. The van der Waals surface area contributed by atoms with Crippen LogP contribution in [0.1, 0.15) is 24.0 Å². The highest BCUT2D eigenvalue weighted by atomic mass is 32.2. The second-order valence-corrected chi connectivity index (χ2v) is 10.9. The number of piperazine rings is 1. The number of sulfonamides is 1. The topological polar surface area (TPSA) is 60.9 Å². The summed E-state index contributed by atoms with van der Waals surface area (Å²) in [6.45, 7) is 2.14. The minimum absolute atomic E-state index is 0.0377. The first-order valence-corrected chi connectivity index (χ1v) is 13.1. The van der Waals surface area contributed by atoms with Crippen LogP contribution in [0, 0.1) is 11.7 Å². The number of anilines is 1. The number of carbonyl (C=O) groups is 1. The smallest absolute Gasteiger partial charge is 0.368 e. The van der Waals surface area contributed by atoms with Crippen molar-refractivity contribution in [2.24, 2.45) is 5.92 Å². The summed E-state index contributed by atoms with van der Waals surface area (Å²) in [7, 11) is -3.58. The van der Waals surface area contributed by atoms with Crippen LogP contribution in [0.3, 0.4) is 0 Å². The summed E-state index contributed by atoms with van der Waals surface area (Å²) in [5, 5.41) is 0. The van der Waals surface area contributed by atoms with Gasteiger partial charge in [-0.25, -0.2) is 17.1 Å². The lowest BCUT2D eigenvalue weighted by molar-refractivity contribution is -0.137. The predicted molar refractivity (Wildman–Crippen MR) is 124 cm³/mol. The van der Waals surface area contributed by atoms with Gasteiger partial charge in [0.15, 0.2) is 0 Å². The van der Waals surface area contributed by atoms with Crippen LogP contribution >= 0.6 is 0 Å². The third kappa shape index (κ3) is 6.13. The first-order valence-electron chi connectivity index (χ1n) is 11.5. The largest absolute Gasteiger partial charge is 0.416 e. The number of nitrogens with zero attached hydrogens (tertiary/aromatic N) is 3. The number of carbonyl (C=O) groups excluding carboxylic acids is 1. The van der Waals surface area contributed by atoms with E-state index in [1.54, 1.807) is 11.0 Å². The fourth-order valence-corrected chi connectivity index (χ4v) is 6.15. The Balaban J connectivity index is 1.28. The highest BCUT2D eigenvalue weighted by Crippen LogP contribution is 2.32. The molecule has 0 aliphatic carbocycles. The van der Waals surface area contributed by atoms with Gasteiger partial charge in [0.25, 0.3) is 0 Å². The normalized spacial score (nSPS) is 18.6. The molecule has 0 saturated carbocycles. The minimum atomic E-state index is -4.41. The third-order valence-electron chi connectivity index (χ3n) is 6.59. The van der Waals surface area contributed by atoms with Gasteiger partial charge < -0.3 is 9.80 Å². The predicted octanol–water partition coefficient (Wildman–Crippen LogP) is 3.74. The van der Waals surface area contributed by atoms with Crippen LogP contribution in [0.5, 0.6) is 0 Å². The van der Waals surface area contributed by atoms with Gasteiger partial charge in [0.1, 0.15) is 5.82 Å². The zero-order valence-corrected chi connectivity index (χ0v) is 19.9. The second kappa shape index (κ2) is 10.1. The van der Waals surface area contributed by atoms with E-state index in [2.05, 4.69) is 0 Å². The van der Waals surface area contributed by atoms with Crippen LogP contribution in [0.2, 0.25) is 0 Å². The molecule has 11 heteroatoms. The Morgan fingerprint density at radius 1 is 0.914 bits per heavy atom. The monoisotopic (exact) mass is 513 g/mol. The Hall–Kier alpha value is -2.66. The van der Waals surface area contributed by atoms with Crippen LogP contribution in [0.25, 0.3) is 0 Å².